The van der Waals surface area contributed by atoms with E-state index < -0.39 is 0 Å². The molecule has 2 aromatic heterocycles. The number of hydrogen-bond donors (Lipinski definition) is 1. The Balaban J connectivity index is 1.60. The van der Waals surface area contributed by atoms with Gasteiger partial charge >= 0.3 is 0 Å². The largest absolute Gasteiger partial charge is 0.354 e. The molecule has 0 aliphatic heterocycles. The Kier molecular flexibility index (Phi) is 4.65. The van der Waals surface area contributed by atoms with Crippen LogP contribution < -0.4 is 5.32 Å². The zero-order valence-electron chi connectivity index (χ0n) is 11.9. The first-order valence-electron chi connectivity index (χ1n) is 7.47. The highest BCUT2D eigenvalue weighted by atomic mass is 35.5. The topological polar surface area (TPSA) is 68.5 Å². The Morgan fingerprint density at radius 1 is 1.19 bits per heavy atom. The van der Waals surface area contributed by atoms with Gasteiger partial charge < -0.3 is 5.32 Å². The first kappa shape index (κ1) is 14.3. The van der Waals surface area contributed by atoms with E-state index in [4.69, 9.17) is 11.6 Å². The molecule has 0 radical (unpaired) electrons. The molecule has 0 unspecified atom stereocenters. The summed E-state index contributed by atoms with van der Waals surface area (Å²) in [6.07, 6.45) is 11.4. The van der Waals surface area contributed by atoms with E-state index in [-0.39, 0.29) is 5.28 Å². The van der Waals surface area contributed by atoms with Crippen LogP contribution in [0.25, 0.3) is 5.95 Å². The van der Waals surface area contributed by atoms with Crippen molar-refractivity contribution in [1.82, 2.24) is 24.7 Å². The molecule has 0 amide bonds. The molecule has 0 atom stereocenters. The highest BCUT2D eigenvalue weighted by molar-refractivity contribution is 6.28. The van der Waals surface area contributed by atoms with Crippen LogP contribution >= 0.6 is 11.6 Å². The molecule has 0 aromatic carbocycles. The third-order valence-electron chi connectivity index (χ3n) is 3.87. The maximum atomic E-state index is 5.95. The summed E-state index contributed by atoms with van der Waals surface area (Å²) in [5.74, 6) is 1.77. The molecule has 112 valence electrons. The molecule has 6 nitrogen and oxygen atoms in total. The summed E-state index contributed by atoms with van der Waals surface area (Å²) in [6, 6.07) is 1.81. The summed E-state index contributed by atoms with van der Waals surface area (Å²) < 4.78 is 1.57. The van der Waals surface area contributed by atoms with E-state index in [0.717, 1.165) is 18.9 Å². The minimum atomic E-state index is 0.177. The molecule has 0 spiro atoms. The van der Waals surface area contributed by atoms with Crippen LogP contribution in [0.15, 0.2) is 18.5 Å². The van der Waals surface area contributed by atoms with E-state index in [1.54, 1.807) is 17.1 Å². The summed E-state index contributed by atoms with van der Waals surface area (Å²) in [7, 11) is 0. The van der Waals surface area contributed by atoms with Crippen molar-refractivity contribution in [3.8, 4) is 5.95 Å². The molecule has 2 heterocycles. The number of halogens is 1. The number of nitrogens with zero attached hydrogens (tertiary/aromatic N) is 5. The monoisotopic (exact) mass is 306 g/mol. The SMILES string of the molecule is Clc1nc(NCCC2CCCCC2)nc(-n2cccn2)n1. The molecular formula is C14H19ClN6. The van der Waals surface area contributed by atoms with E-state index in [1.807, 2.05) is 6.07 Å². The lowest BCUT2D eigenvalue weighted by molar-refractivity contribution is 0.345. The van der Waals surface area contributed by atoms with Gasteiger partial charge in [0, 0.05) is 18.9 Å². The third-order valence-corrected chi connectivity index (χ3v) is 4.04. The number of anilines is 1. The summed E-state index contributed by atoms with van der Waals surface area (Å²) in [5.41, 5.74) is 0. The Morgan fingerprint density at radius 2 is 2.05 bits per heavy atom. The third kappa shape index (κ3) is 3.91. The average Bonchev–Trinajstić information content (AvgIpc) is 3.02. The summed E-state index contributed by atoms with van der Waals surface area (Å²) in [5, 5.41) is 7.52. The van der Waals surface area contributed by atoms with E-state index in [1.165, 1.54) is 32.1 Å². The van der Waals surface area contributed by atoms with Gasteiger partial charge in [0.15, 0.2) is 0 Å². The quantitative estimate of drug-likeness (QED) is 0.919. The molecular weight excluding hydrogens is 288 g/mol. The molecule has 1 aliphatic rings. The predicted molar refractivity (Wildman–Crippen MR) is 81.6 cm³/mol. The molecule has 3 rings (SSSR count). The normalized spacial score (nSPS) is 16.0. The molecule has 1 saturated carbocycles. The molecule has 1 N–H and O–H groups in total. The predicted octanol–water partition coefficient (Wildman–Crippen LogP) is 3.09. The van der Waals surface area contributed by atoms with Gasteiger partial charge in [0.25, 0.3) is 5.95 Å². The maximum Gasteiger partial charge on any atom is 0.256 e. The highest BCUT2D eigenvalue weighted by Crippen LogP contribution is 2.26. The second-order valence-corrected chi connectivity index (χ2v) is 5.74. The van der Waals surface area contributed by atoms with Crippen molar-refractivity contribution in [2.75, 3.05) is 11.9 Å². The van der Waals surface area contributed by atoms with Crippen LogP contribution in [0.3, 0.4) is 0 Å². The van der Waals surface area contributed by atoms with Crippen molar-refractivity contribution in [2.24, 2.45) is 5.92 Å². The summed E-state index contributed by atoms with van der Waals surface area (Å²) >= 11 is 5.95. The molecule has 21 heavy (non-hydrogen) atoms. The minimum absolute atomic E-state index is 0.177. The Morgan fingerprint density at radius 3 is 2.81 bits per heavy atom. The van der Waals surface area contributed by atoms with E-state index in [2.05, 4.69) is 25.4 Å². The van der Waals surface area contributed by atoms with Gasteiger partial charge in [-0.05, 0) is 30.0 Å². The van der Waals surface area contributed by atoms with Crippen LogP contribution in [0.1, 0.15) is 38.5 Å². The minimum Gasteiger partial charge on any atom is -0.354 e. The van der Waals surface area contributed by atoms with Gasteiger partial charge in [0.05, 0.1) is 0 Å². The van der Waals surface area contributed by atoms with Gasteiger partial charge in [-0.15, -0.1) is 0 Å². The first-order chi connectivity index (χ1) is 10.3. The standard InChI is InChI=1S/C14H19ClN6/c15-12-18-13(16-9-7-11-5-2-1-3-6-11)20-14(19-12)21-10-4-8-17-21/h4,8,10-11H,1-3,5-7,9H2,(H,16,18,19,20). The van der Waals surface area contributed by atoms with Crippen LogP contribution in [0.2, 0.25) is 5.28 Å². The second-order valence-electron chi connectivity index (χ2n) is 5.40. The number of aromatic nitrogens is 5. The van der Waals surface area contributed by atoms with E-state index in [9.17, 15) is 0 Å². The van der Waals surface area contributed by atoms with Gasteiger partial charge in [-0.3, -0.25) is 0 Å². The van der Waals surface area contributed by atoms with Crippen molar-refractivity contribution in [3.05, 3.63) is 23.7 Å². The fourth-order valence-corrected chi connectivity index (χ4v) is 2.93. The van der Waals surface area contributed by atoms with Crippen molar-refractivity contribution in [3.63, 3.8) is 0 Å². The summed E-state index contributed by atoms with van der Waals surface area (Å²) in [6.45, 7) is 0.865. The van der Waals surface area contributed by atoms with Crippen LogP contribution in [0.5, 0.6) is 0 Å². The van der Waals surface area contributed by atoms with Gasteiger partial charge in [0.2, 0.25) is 11.2 Å². The van der Waals surface area contributed by atoms with Gasteiger partial charge in [0.1, 0.15) is 0 Å². The number of hydrogen-bond acceptors (Lipinski definition) is 5. The van der Waals surface area contributed by atoms with Gasteiger partial charge in [-0.25, -0.2) is 4.68 Å². The lowest BCUT2D eigenvalue weighted by Crippen LogP contribution is -2.14. The van der Waals surface area contributed by atoms with Crippen molar-refractivity contribution < 1.29 is 0 Å². The van der Waals surface area contributed by atoms with Gasteiger partial charge in [-0.1, -0.05) is 32.1 Å². The lowest BCUT2D eigenvalue weighted by Gasteiger charge is -2.21. The van der Waals surface area contributed by atoms with Crippen molar-refractivity contribution in [1.29, 1.82) is 0 Å². The smallest absolute Gasteiger partial charge is 0.256 e. The van der Waals surface area contributed by atoms with Crippen LogP contribution in [0.4, 0.5) is 5.95 Å². The summed E-state index contributed by atoms with van der Waals surface area (Å²) in [4.78, 5) is 12.5. The Labute approximate surface area is 129 Å². The first-order valence-corrected chi connectivity index (χ1v) is 7.84. The lowest BCUT2D eigenvalue weighted by atomic mass is 9.87. The Bertz CT molecular complexity index is 565. The van der Waals surface area contributed by atoms with E-state index in [0.29, 0.717) is 11.9 Å². The number of rotatable bonds is 5. The van der Waals surface area contributed by atoms with Crippen LogP contribution in [0, 0.1) is 5.92 Å². The zero-order chi connectivity index (χ0) is 14.5. The number of nitrogens with one attached hydrogen (secondary N) is 1. The zero-order valence-corrected chi connectivity index (χ0v) is 12.6. The molecule has 0 bridgehead atoms. The van der Waals surface area contributed by atoms with Gasteiger partial charge in [-0.2, -0.15) is 20.1 Å². The molecule has 0 saturated heterocycles. The van der Waals surface area contributed by atoms with Crippen LogP contribution in [-0.4, -0.2) is 31.3 Å². The Hall–Kier alpha value is -1.69. The second kappa shape index (κ2) is 6.85. The molecule has 1 fully saturated rings. The maximum absolute atomic E-state index is 5.95. The molecule has 2 aromatic rings. The average molecular weight is 307 g/mol. The molecule has 1 aliphatic carbocycles. The molecule has 7 heteroatoms. The van der Waals surface area contributed by atoms with Crippen LogP contribution in [-0.2, 0) is 0 Å². The highest BCUT2D eigenvalue weighted by Gasteiger charge is 2.13. The fourth-order valence-electron chi connectivity index (χ4n) is 2.77. The van der Waals surface area contributed by atoms with E-state index >= 15 is 0 Å². The van der Waals surface area contributed by atoms with Crippen molar-refractivity contribution >= 4 is 17.5 Å². The fraction of sp³-hybridized carbons (Fsp3) is 0.571. The van der Waals surface area contributed by atoms with Crippen molar-refractivity contribution in [2.45, 2.75) is 38.5 Å².